The van der Waals surface area contributed by atoms with Crippen LogP contribution in [0, 0.1) is 6.92 Å². The van der Waals surface area contributed by atoms with Crippen molar-refractivity contribution in [3.8, 4) is 0 Å². The van der Waals surface area contributed by atoms with E-state index >= 15 is 0 Å². The lowest BCUT2D eigenvalue weighted by Gasteiger charge is -2.31. The molecule has 1 fully saturated rings. The molecule has 1 saturated heterocycles. The molecule has 24 heavy (non-hydrogen) atoms. The van der Waals surface area contributed by atoms with E-state index in [1.807, 2.05) is 25.1 Å². The third-order valence-corrected chi connectivity index (χ3v) is 4.50. The van der Waals surface area contributed by atoms with E-state index in [0.29, 0.717) is 23.3 Å². The average Bonchev–Trinajstić information content (AvgIpc) is 2.53. The third kappa shape index (κ3) is 4.31. The number of aromatic nitrogens is 3. The Labute approximate surface area is 146 Å². The first-order valence-electron chi connectivity index (χ1n) is 7.94. The van der Waals surface area contributed by atoms with Gasteiger partial charge in [-0.05, 0) is 31.7 Å². The summed E-state index contributed by atoms with van der Waals surface area (Å²) in [4.78, 5) is 17.5. The topological polar surface area (TPSA) is 83.2 Å². The zero-order valence-corrected chi connectivity index (χ0v) is 14.7. The van der Waals surface area contributed by atoms with Crippen molar-refractivity contribution in [1.82, 2.24) is 24.8 Å². The van der Waals surface area contributed by atoms with Gasteiger partial charge in [-0.3, -0.25) is 4.90 Å². The van der Waals surface area contributed by atoms with Crippen molar-refractivity contribution in [1.29, 1.82) is 0 Å². The molecule has 0 bridgehead atoms. The number of piperazine rings is 1. The summed E-state index contributed by atoms with van der Waals surface area (Å²) in [6.07, 6.45) is 0. The van der Waals surface area contributed by atoms with Crippen LogP contribution < -0.4 is 11.1 Å². The van der Waals surface area contributed by atoms with Crippen LogP contribution in [0.1, 0.15) is 11.4 Å². The van der Waals surface area contributed by atoms with E-state index < -0.39 is 0 Å². The first-order chi connectivity index (χ1) is 11.5. The molecule has 0 radical (unpaired) electrons. The standard InChI is InChI=1S/C16H22ClN7/c1-11-3-4-12(9-13(11)17)19-16-21-14(20-15(18)22-16)10-24-7-5-23(2)6-8-24/h3-4,9H,5-8,10H2,1-2H3,(H3,18,19,20,21,22). The van der Waals surface area contributed by atoms with Gasteiger partial charge in [0, 0.05) is 36.9 Å². The Morgan fingerprint density at radius 2 is 1.92 bits per heavy atom. The maximum atomic E-state index is 6.15. The minimum absolute atomic E-state index is 0.217. The van der Waals surface area contributed by atoms with Gasteiger partial charge in [0.15, 0.2) is 0 Å². The van der Waals surface area contributed by atoms with Crippen molar-refractivity contribution in [3.63, 3.8) is 0 Å². The van der Waals surface area contributed by atoms with Gasteiger partial charge in [0.05, 0.1) is 6.54 Å². The fourth-order valence-electron chi connectivity index (χ4n) is 2.57. The first-order valence-corrected chi connectivity index (χ1v) is 8.32. The van der Waals surface area contributed by atoms with Crippen LogP contribution in [0.15, 0.2) is 18.2 Å². The van der Waals surface area contributed by atoms with Crippen molar-refractivity contribution >= 4 is 29.2 Å². The molecular formula is C16H22ClN7. The number of rotatable bonds is 4. The Hall–Kier alpha value is -1.96. The highest BCUT2D eigenvalue weighted by Gasteiger charge is 2.16. The van der Waals surface area contributed by atoms with E-state index in [4.69, 9.17) is 17.3 Å². The van der Waals surface area contributed by atoms with Gasteiger partial charge in [0.25, 0.3) is 0 Å². The first kappa shape index (κ1) is 16.9. The van der Waals surface area contributed by atoms with Crippen molar-refractivity contribution in [2.24, 2.45) is 0 Å². The van der Waals surface area contributed by atoms with E-state index in [0.717, 1.165) is 37.4 Å². The van der Waals surface area contributed by atoms with Gasteiger partial charge < -0.3 is 16.0 Å². The van der Waals surface area contributed by atoms with E-state index in [1.165, 1.54) is 0 Å². The molecule has 0 unspecified atom stereocenters. The molecule has 8 heteroatoms. The Bertz CT molecular complexity index is 714. The molecule has 1 aliphatic heterocycles. The number of likely N-dealkylation sites (N-methyl/N-ethyl adjacent to an activating group) is 1. The van der Waals surface area contributed by atoms with E-state index in [-0.39, 0.29) is 5.95 Å². The fourth-order valence-corrected chi connectivity index (χ4v) is 2.75. The van der Waals surface area contributed by atoms with Crippen molar-refractivity contribution in [3.05, 3.63) is 34.6 Å². The SMILES string of the molecule is Cc1ccc(Nc2nc(N)nc(CN3CCN(C)CC3)n2)cc1Cl. The molecule has 1 aromatic carbocycles. The highest BCUT2D eigenvalue weighted by molar-refractivity contribution is 6.31. The maximum absolute atomic E-state index is 6.15. The molecule has 1 aliphatic rings. The fraction of sp³-hybridized carbons (Fsp3) is 0.438. The summed E-state index contributed by atoms with van der Waals surface area (Å²) in [7, 11) is 2.13. The number of aryl methyl sites for hydroxylation is 1. The summed E-state index contributed by atoms with van der Waals surface area (Å²) in [5, 5.41) is 3.84. The number of nitrogens with zero attached hydrogens (tertiary/aromatic N) is 5. The lowest BCUT2D eigenvalue weighted by atomic mass is 10.2. The van der Waals surface area contributed by atoms with Gasteiger partial charge >= 0.3 is 0 Å². The summed E-state index contributed by atoms with van der Waals surface area (Å²) in [5.74, 6) is 1.33. The van der Waals surface area contributed by atoms with Crippen LogP contribution in [0.25, 0.3) is 0 Å². The van der Waals surface area contributed by atoms with Crippen LogP contribution in [-0.4, -0.2) is 58.0 Å². The molecule has 0 spiro atoms. The second-order valence-corrected chi connectivity index (χ2v) is 6.51. The van der Waals surface area contributed by atoms with Crippen LogP contribution in [-0.2, 0) is 6.54 Å². The Morgan fingerprint density at radius 3 is 2.62 bits per heavy atom. The van der Waals surface area contributed by atoms with Gasteiger partial charge in [0.2, 0.25) is 11.9 Å². The molecule has 0 atom stereocenters. The summed E-state index contributed by atoms with van der Waals surface area (Å²) < 4.78 is 0. The van der Waals surface area contributed by atoms with Crippen LogP contribution >= 0.6 is 11.6 Å². The average molecular weight is 348 g/mol. The Morgan fingerprint density at radius 1 is 1.17 bits per heavy atom. The molecular weight excluding hydrogens is 326 g/mol. The number of hydrogen-bond donors (Lipinski definition) is 2. The quantitative estimate of drug-likeness (QED) is 0.874. The van der Waals surface area contributed by atoms with Gasteiger partial charge in [-0.25, -0.2) is 0 Å². The Kier molecular flexibility index (Phi) is 5.13. The zero-order valence-electron chi connectivity index (χ0n) is 14.0. The number of nitrogen functional groups attached to an aromatic ring is 1. The predicted molar refractivity (Wildman–Crippen MR) is 96.5 cm³/mol. The summed E-state index contributed by atoms with van der Waals surface area (Å²) in [5.41, 5.74) is 7.68. The zero-order chi connectivity index (χ0) is 17.1. The molecule has 2 aromatic rings. The predicted octanol–water partition coefficient (Wildman–Crippen LogP) is 1.91. The number of anilines is 3. The van der Waals surface area contributed by atoms with Gasteiger partial charge in [0.1, 0.15) is 5.82 Å². The minimum atomic E-state index is 0.217. The van der Waals surface area contributed by atoms with Gasteiger partial charge in [-0.2, -0.15) is 15.0 Å². The molecule has 3 rings (SSSR count). The highest BCUT2D eigenvalue weighted by atomic mass is 35.5. The van der Waals surface area contributed by atoms with Crippen LogP contribution in [0.4, 0.5) is 17.6 Å². The molecule has 0 aliphatic carbocycles. The molecule has 7 nitrogen and oxygen atoms in total. The van der Waals surface area contributed by atoms with Gasteiger partial charge in [-0.1, -0.05) is 17.7 Å². The number of nitrogens with two attached hydrogens (primary N) is 1. The molecule has 2 heterocycles. The lowest BCUT2D eigenvalue weighted by Crippen LogP contribution is -2.44. The third-order valence-electron chi connectivity index (χ3n) is 4.09. The van der Waals surface area contributed by atoms with E-state index in [1.54, 1.807) is 0 Å². The largest absolute Gasteiger partial charge is 0.368 e. The summed E-state index contributed by atoms with van der Waals surface area (Å²) >= 11 is 6.15. The number of hydrogen-bond acceptors (Lipinski definition) is 7. The molecule has 0 saturated carbocycles. The number of nitrogens with one attached hydrogen (secondary N) is 1. The molecule has 0 amide bonds. The smallest absolute Gasteiger partial charge is 0.232 e. The number of benzene rings is 1. The number of halogens is 1. The lowest BCUT2D eigenvalue weighted by molar-refractivity contribution is 0.145. The van der Waals surface area contributed by atoms with Crippen LogP contribution in [0.3, 0.4) is 0 Å². The molecule has 1 aromatic heterocycles. The molecule has 128 valence electrons. The van der Waals surface area contributed by atoms with E-state index in [9.17, 15) is 0 Å². The van der Waals surface area contributed by atoms with Crippen LogP contribution in [0.2, 0.25) is 5.02 Å². The Balaban J connectivity index is 1.72. The van der Waals surface area contributed by atoms with Gasteiger partial charge in [-0.15, -0.1) is 0 Å². The second-order valence-electron chi connectivity index (χ2n) is 6.10. The minimum Gasteiger partial charge on any atom is -0.368 e. The highest BCUT2D eigenvalue weighted by Crippen LogP contribution is 2.22. The normalized spacial score (nSPS) is 16.3. The van der Waals surface area contributed by atoms with Crippen molar-refractivity contribution < 1.29 is 0 Å². The van der Waals surface area contributed by atoms with Crippen LogP contribution in [0.5, 0.6) is 0 Å². The second kappa shape index (κ2) is 7.29. The summed E-state index contributed by atoms with van der Waals surface area (Å²) in [6.45, 7) is 6.73. The monoisotopic (exact) mass is 347 g/mol. The molecule has 3 N–H and O–H groups in total. The maximum Gasteiger partial charge on any atom is 0.232 e. The summed E-state index contributed by atoms with van der Waals surface area (Å²) in [6, 6.07) is 5.72. The van der Waals surface area contributed by atoms with Crippen molar-refractivity contribution in [2.45, 2.75) is 13.5 Å². The van der Waals surface area contributed by atoms with E-state index in [2.05, 4.69) is 37.1 Å². The van der Waals surface area contributed by atoms with Crippen molar-refractivity contribution in [2.75, 3.05) is 44.3 Å².